The van der Waals surface area contributed by atoms with E-state index in [4.69, 9.17) is 5.26 Å². The Hall–Kier alpha value is -1.08. The van der Waals surface area contributed by atoms with Gasteiger partial charge in [0.15, 0.2) is 0 Å². The predicted molar refractivity (Wildman–Crippen MR) is 67.1 cm³/mol. The highest BCUT2D eigenvalue weighted by atomic mass is 79.9. The molecule has 1 aliphatic heterocycles. The van der Waals surface area contributed by atoms with Gasteiger partial charge in [-0.1, -0.05) is 22.9 Å². The van der Waals surface area contributed by atoms with Crippen molar-refractivity contribution in [2.45, 2.75) is 19.8 Å². The number of pyridine rings is 1. The van der Waals surface area contributed by atoms with E-state index in [9.17, 15) is 0 Å². The van der Waals surface area contributed by atoms with Crippen molar-refractivity contribution in [3.63, 3.8) is 0 Å². The van der Waals surface area contributed by atoms with Crippen LogP contribution in [-0.4, -0.2) is 18.1 Å². The number of nitrogens with zero attached hydrogens (tertiary/aromatic N) is 3. The van der Waals surface area contributed by atoms with Crippen LogP contribution in [0.3, 0.4) is 0 Å². The van der Waals surface area contributed by atoms with Gasteiger partial charge in [-0.05, 0) is 24.0 Å². The number of nitriles is 1. The Labute approximate surface area is 104 Å². The van der Waals surface area contributed by atoms with E-state index in [0.29, 0.717) is 6.42 Å². The van der Waals surface area contributed by atoms with E-state index in [1.54, 1.807) is 6.20 Å². The molecule has 1 aliphatic rings. The summed E-state index contributed by atoms with van der Waals surface area (Å²) in [6.07, 6.45) is 3.49. The molecule has 0 aliphatic carbocycles. The Morgan fingerprint density at radius 1 is 1.69 bits per heavy atom. The van der Waals surface area contributed by atoms with Crippen molar-refractivity contribution in [1.82, 2.24) is 4.98 Å². The quantitative estimate of drug-likeness (QED) is 0.836. The summed E-state index contributed by atoms with van der Waals surface area (Å²) in [7, 11) is 0. The zero-order valence-electron chi connectivity index (χ0n) is 9.28. The molecule has 0 N–H and O–H groups in total. The first-order valence-electron chi connectivity index (χ1n) is 5.36. The maximum absolute atomic E-state index is 8.80. The Kier molecular flexibility index (Phi) is 3.15. The van der Waals surface area contributed by atoms with Crippen molar-refractivity contribution < 1.29 is 0 Å². The molecule has 0 amide bonds. The van der Waals surface area contributed by atoms with Crippen molar-refractivity contribution in [3.8, 4) is 6.07 Å². The Bertz CT molecular complexity index is 427. The van der Waals surface area contributed by atoms with Crippen molar-refractivity contribution in [2.24, 2.45) is 5.41 Å². The lowest BCUT2D eigenvalue weighted by Crippen LogP contribution is -2.25. The maximum Gasteiger partial charge on any atom is 0.129 e. The number of anilines is 1. The molecule has 0 radical (unpaired) electrons. The summed E-state index contributed by atoms with van der Waals surface area (Å²) in [5.74, 6) is 0.996. The first-order chi connectivity index (χ1) is 7.63. The third-order valence-electron chi connectivity index (χ3n) is 3.10. The van der Waals surface area contributed by atoms with Gasteiger partial charge in [0.2, 0.25) is 0 Å². The van der Waals surface area contributed by atoms with Gasteiger partial charge in [0.25, 0.3) is 0 Å². The van der Waals surface area contributed by atoms with Gasteiger partial charge >= 0.3 is 0 Å². The van der Waals surface area contributed by atoms with Gasteiger partial charge in [0.05, 0.1) is 6.07 Å². The van der Waals surface area contributed by atoms with E-state index in [1.807, 2.05) is 12.1 Å². The highest BCUT2D eigenvalue weighted by molar-refractivity contribution is 9.10. The van der Waals surface area contributed by atoms with Crippen LogP contribution in [0.5, 0.6) is 0 Å². The van der Waals surface area contributed by atoms with Crippen molar-refractivity contribution in [3.05, 3.63) is 22.8 Å². The highest BCUT2D eigenvalue weighted by Gasteiger charge is 2.34. The third kappa shape index (κ3) is 2.35. The van der Waals surface area contributed by atoms with Crippen LogP contribution in [0.15, 0.2) is 22.8 Å². The zero-order valence-corrected chi connectivity index (χ0v) is 10.9. The molecule has 1 fully saturated rings. The summed E-state index contributed by atoms with van der Waals surface area (Å²) in [4.78, 5) is 6.61. The summed E-state index contributed by atoms with van der Waals surface area (Å²) < 4.78 is 1.05. The summed E-state index contributed by atoms with van der Waals surface area (Å²) >= 11 is 3.45. The van der Waals surface area contributed by atoms with Gasteiger partial charge in [-0.15, -0.1) is 0 Å². The van der Waals surface area contributed by atoms with Crippen molar-refractivity contribution in [2.75, 3.05) is 18.0 Å². The second-order valence-electron chi connectivity index (χ2n) is 4.65. The fourth-order valence-corrected chi connectivity index (χ4v) is 2.44. The minimum atomic E-state index is 0.124. The second kappa shape index (κ2) is 4.42. The van der Waals surface area contributed by atoms with Crippen LogP contribution in [0.25, 0.3) is 0 Å². The number of hydrogen-bond donors (Lipinski definition) is 0. The zero-order chi connectivity index (χ0) is 11.6. The average Bonchev–Trinajstić information content (AvgIpc) is 2.61. The molecule has 0 bridgehead atoms. The first-order valence-corrected chi connectivity index (χ1v) is 6.16. The molecule has 1 aromatic rings. The molecule has 1 atom stereocenters. The fourth-order valence-electron chi connectivity index (χ4n) is 2.12. The molecule has 16 heavy (non-hydrogen) atoms. The number of aromatic nitrogens is 1. The van der Waals surface area contributed by atoms with Gasteiger partial charge in [-0.2, -0.15) is 5.26 Å². The molecule has 4 heteroatoms. The smallest absolute Gasteiger partial charge is 0.129 e. The van der Waals surface area contributed by atoms with E-state index >= 15 is 0 Å². The van der Waals surface area contributed by atoms with Crippen LogP contribution in [-0.2, 0) is 0 Å². The molecule has 1 unspecified atom stereocenters. The predicted octanol–water partition coefficient (Wildman–Crippen LogP) is 2.97. The van der Waals surface area contributed by atoms with Crippen LogP contribution in [0.4, 0.5) is 5.82 Å². The molecule has 1 aromatic heterocycles. The standard InChI is InChI=1S/C12H14BrN3/c1-12(3-5-14)4-7-16(9-12)11-8-10(13)2-6-15-11/h2,6,8H,3-4,7,9H2,1H3. The minimum Gasteiger partial charge on any atom is -0.356 e. The second-order valence-corrected chi connectivity index (χ2v) is 5.57. The Morgan fingerprint density at radius 2 is 2.50 bits per heavy atom. The SMILES string of the molecule is CC1(CC#N)CCN(c2cc(Br)ccn2)C1. The van der Waals surface area contributed by atoms with Crippen LogP contribution < -0.4 is 4.90 Å². The molecule has 2 rings (SSSR count). The maximum atomic E-state index is 8.80. The summed E-state index contributed by atoms with van der Waals surface area (Å²) in [6.45, 7) is 4.08. The van der Waals surface area contributed by atoms with Crippen molar-refractivity contribution in [1.29, 1.82) is 5.26 Å². The van der Waals surface area contributed by atoms with Gasteiger partial charge in [0.1, 0.15) is 5.82 Å². The fraction of sp³-hybridized carbons (Fsp3) is 0.500. The topological polar surface area (TPSA) is 39.9 Å². The normalized spacial score (nSPS) is 24.4. The van der Waals surface area contributed by atoms with E-state index in [1.165, 1.54) is 0 Å². The molecule has 3 nitrogen and oxygen atoms in total. The molecular formula is C12H14BrN3. The van der Waals surface area contributed by atoms with Crippen LogP contribution >= 0.6 is 15.9 Å². The van der Waals surface area contributed by atoms with Crippen LogP contribution in [0.2, 0.25) is 0 Å². The lowest BCUT2D eigenvalue weighted by atomic mass is 9.87. The number of rotatable bonds is 2. The van der Waals surface area contributed by atoms with Crippen LogP contribution in [0, 0.1) is 16.7 Å². The summed E-state index contributed by atoms with van der Waals surface area (Å²) in [6, 6.07) is 6.23. The lowest BCUT2D eigenvalue weighted by Gasteiger charge is -2.22. The largest absolute Gasteiger partial charge is 0.356 e. The van der Waals surface area contributed by atoms with Gasteiger partial charge in [0, 0.05) is 30.2 Å². The molecule has 0 aromatic carbocycles. The van der Waals surface area contributed by atoms with E-state index < -0.39 is 0 Å². The van der Waals surface area contributed by atoms with Crippen LogP contribution in [0.1, 0.15) is 19.8 Å². The average molecular weight is 280 g/mol. The van der Waals surface area contributed by atoms with Gasteiger partial charge in [-0.3, -0.25) is 0 Å². The highest BCUT2D eigenvalue weighted by Crippen LogP contribution is 2.35. The van der Waals surface area contributed by atoms with E-state index in [-0.39, 0.29) is 5.41 Å². The third-order valence-corrected chi connectivity index (χ3v) is 3.59. The lowest BCUT2D eigenvalue weighted by molar-refractivity contribution is 0.380. The number of hydrogen-bond acceptors (Lipinski definition) is 3. The Balaban J connectivity index is 2.12. The molecule has 1 saturated heterocycles. The minimum absolute atomic E-state index is 0.124. The molecular weight excluding hydrogens is 266 g/mol. The van der Waals surface area contributed by atoms with Gasteiger partial charge in [-0.25, -0.2) is 4.98 Å². The Morgan fingerprint density at radius 3 is 3.19 bits per heavy atom. The monoisotopic (exact) mass is 279 g/mol. The summed E-state index contributed by atoms with van der Waals surface area (Å²) in [5.41, 5.74) is 0.124. The molecule has 0 saturated carbocycles. The van der Waals surface area contributed by atoms with Gasteiger partial charge < -0.3 is 4.90 Å². The van der Waals surface area contributed by atoms with E-state index in [0.717, 1.165) is 29.8 Å². The number of halogens is 1. The molecule has 84 valence electrons. The van der Waals surface area contributed by atoms with Crippen molar-refractivity contribution >= 4 is 21.7 Å². The van der Waals surface area contributed by atoms with E-state index in [2.05, 4.69) is 38.8 Å². The first kappa shape index (κ1) is 11.4. The molecule has 0 spiro atoms. The molecule has 2 heterocycles. The summed E-state index contributed by atoms with van der Waals surface area (Å²) in [5, 5.41) is 8.80.